The van der Waals surface area contributed by atoms with Crippen molar-refractivity contribution in [2.75, 3.05) is 13.2 Å². The zero-order valence-electron chi connectivity index (χ0n) is 34.7. The molecule has 0 bridgehead atoms. The molecule has 1 amide bonds. The standard InChI is InChI=1S/C46H81NO8/c1-3-5-7-9-11-13-15-17-18-19-20-21-22-24-26-28-30-32-34-36-42(50)47-39(38-54-46-45(53)44(52)43(51)41(37-48)55-46)40(49)35-33-31-29-27-25-23-16-14-12-10-8-6-4-2/h11,13,17-18,20-21,25,27,33,35,39-41,43-46,48-49,51-53H,3-10,12,14-16,19,22-24,26,28-32,34,36-38H2,1-2H3,(H,47,50)/b13-11-,18-17-,21-20-,27-25+,35-33+. The lowest BCUT2D eigenvalue weighted by Crippen LogP contribution is -2.60. The summed E-state index contributed by atoms with van der Waals surface area (Å²) < 4.78 is 11.2. The molecule has 1 saturated heterocycles. The van der Waals surface area contributed by atoms with Crippen LogP contribution in [0.25, 0.3) is 0 Å². The number of carbonyl (C=O) groups excluding carboxylic acids is 1. The molecule has 55 heavy (non-hydrogen) atoms. The number of allylic oxidation sites excluding steroid dienone is 9. The first-order valence-electron chi connectivity index (χ1n) is 22.0. The number of ether oxygens (including phenoxy) is 2. The molecule has 0 aliphatic carbocycles. The van der Waals surface area contributed by atoms with Gasteiger partial charge in [-0.2, -0.15) is 0 Å². The lowest BCUT2D eigenvalue weighted by Gasteiger charge is -2.40. The molecule has 0 saturated carbocycles. The second-order valence-electron chi connectivity index (χ2n) is 15.1. The molecular weight excluding hydrogens is 695 g/mol. The summed E-state index contributed by atoms with van der Waals surface area (Å²) in [5.74, 6) is -0.203. The lowest BCUT2D eigenvalue weighted by atomic mass is 9.99. The van der Waals surface area contributed by atoms with Gasteiger partial charge in [-0.15, -0.1) is 0 Å². The van der Waals surface area contributed by atoms with Crippen LogP contribution in [0.2, 0.25) is 0 Å². The highest BCUT2D eigenvalue weighted by molar-refractivity contribution is 5.76. The Morgan fingerprint density at radius 1 is 0.618 bits per heavy atom. The average Bonchev–Trinajstić information content (AvgIpc) is 3.18. The van der Waals surface area contributed by atoms with Crippen LogP contribution in [0.3, 0.4) is 0 Å². The molecule has 0 spiro atoms. The van der Waals surface area contributed by atoms with Crippen molar-refractivity contribution in [2.24, 2.45) is 0 Å². The van der Waals surface area contributed by atoms with E-state index >= 15 is 0 Å². The highest BCUT2D eigenvalue weighted by atomic mass is 16.7. The van der Waals surface area contributed by atoms with E-state index in [9.17, 15) is 30.3 Å². The van der Waals surface area contributed by atoms with Gasteiger partial charge in [0.15, 0.2) is 6.29 Å². The molecule has 1 heterocycles. The van der Waals surface area contributed by atoms with Gasteiger partial charge in [-0.05, 0) is 70.6 Å². The van der Waals surface area contributed by atoms with E-state index < -0.39 is 49.5 Å². The first-order valence-corrected chi connectivity index (χ1v) is 22.0. The van der Waals surface area contributed by atoms with E-state index in [1.165, 1.54) is 77.0 Å². The van der Waals surface area contributed by atoms with Crippen molar-refractivity contribution in [3.63, 3.8) is 0 Å². The summed E-state index contributed by atoms with van der Waals surface area (Å²) in [6.07, 6.45) is 39.7. The maximum Gasteiger partial charge on any atom is 0.220 e. The van der Waals surface area contributed by atoms with Crippen LogP contribution in [-0.2, 0) is 14.3 Å². The highest BCUT2D eigenvalue weighted by Gasteiger charge is 2.44. The second kappa shape index (κ2) is 36.2. The third kappa shape index (κ3) is 27.2. The van der Waals surface area contributed by atoms with Gasteiger partial charge >= 0.3 is 0 Å². The van der Waals surface area contributed by atoms with Crippen LogP contribution < -0.4 is 5.32 Å². The quantitative estimate of drug-likeness (QED) is 0.0277. The summed E-state index contributed by atoms with van der Waals surface area (Å²) in [6.45, 7) is 3.69. The number of aliphatic hydroxyl groups excluding tert-OH is 5. The molecule has 0 aromatic heterocycles. The molecule has 0 aromatic carbocycles. The van der Waals surface area contributed by atoms with Gasteiger partial charge in [-0.25, -0.2) is 0 Å². The van der Waals surface area contributed by atoms with Crippen molar-refractivity contribution in [1.82, 2.24) is 5.32 Å². The molecule has 9 nitrogen and oxygen atoms in total. The van der Waals surface area contributed by atoms with Crippen LogP contribution in [0, 0.1) is 0 Å². The maximum atomic E-state index is 12.9. The van der Waals surface area contributed by atoms with Crippen molar-refractivity contribution in [2.45, 2.75) is 211 Å². The summed E-state index contributed by atoms with van der Waals surface area (Å²) in [6, 6.07) is -0.829. The van der Waals surface area contributed by atoms with E-state index in [4.69, 9.17) is 9.47 Å². The fraction of sp³-hybridized carbons (Fsp3) is 0.761. The van der Waals surface area contributed by atoms with Crippen LogP contribution in [0.4, 0.5) is 0 Å². The number of unbranched alkanes of at least 4 members (excludes halogenated alkanes) is 17. The van der Waals surface area contributed by atoms with Crippen molar-refractivity contribution in [3.05, 3.63) is 60.8 Å². The number of hydrogen-bond donors (Lipinski definition) is 6. The molecular formula is C46H81NO8. The van der Waals surface area contributed by atoms with E-state index in [1.54, 1.807) is 6.08 Å². The van der Waals surface area contributed by atoms with E-state index in [0.29, 0.717) is 6.42 Å². The highest BCUT2D eigenvalue weighted by Crippen LogP contribution is 2.22. The van der Waals surface area contributed by atoms with E-state index in [1.807, 2.05) is 6.08 Å². The number of carbonyl (C=O) groups is 1. The largest absolute Gasteiger partial charge is 0.394 e. The Morgan fingerprint density at radius 2 is 1.09 bits per heavy atom. The van der Waals surface area contributed by atoms with Crippen LogP contribution in [0.15, 0.2) is 60.8 Å². The van der Waals surface area contributed by atoms with Gasteiger partial charge in [0.05, 0.1) is 25.4 Å². The van der Waals surface area contributed by atoms with Gasteiger partial charge in [-0.3, -0.25) is 4.79 Å². The Morgan fingerprint density at radius 3 is 1.69 bits per heavy atom. The maximum absolute atomic E-state index is 12.9. The first kappa shape index (κ1) is 50.9. The number of nitrogens with one attached hydrogen (secondary N) is 1. The first-order chi connectivity index (χ1) is 26.8. The van der Waals surface area contributed by atoms with Crippen LogP contribution in [0.1, 0.15) is 168 Å². The Kier molecular flexibility index (Phi) is 33.5. The molecule has 0 radical (unpaired) electrons. The Labute approximate surface area is 335 Å². The fourth-order valence-electron chi connectivity index (χ4n) is 6.47. The summed E-state index contributed by atoms with van der Waals surface area (Å²) in [5.41, 5.74) is 0. The fourth-order valence-corrected chi connectivity index (χ4v) is 6.47. The minimum absolute atomic E-state index is 0.203. The third-order valence-electron chi connectivity index (χ3n) is 10.1. The number of hydrogen-bond acceptors (Lipinski definition) is 8. The minimum atomic E-state index is -1.58. The predicted molar refractivity (Wildman–Crippen MR) is 226 cm³/mol. The minimum Gasteiger partial charge on any atom is -0.394 e. The Balaban J connectivity index is 2.41. The van der Waals surface area contributed by atoms with Crippen LogP contribution in [-0.4, -0.2) is 87.5 Å². The topological polar surface area (TPSA) is 149 Å². The third-order valence-corrected chi connectivity index (χ3v) is 10.1. The molecule has 1 aliphatic rings. The molecule has 6 N–H and O–H groups in total. The summed E-state index contributed by atoms with van der Waals surface area (Å²) in [4.78, 5) is 12.9. The van der Waals surface area contributed by atoms with Gasteiger partial charge in [0.2, 0.25) is 5.91 Å². The molecule has 7 atom stereocenters. The van der Waals surface area contributed by atoms with Crippen LogP contribution in [0.5, 0.6) is 0 Å². The zero-order valence-corrected chi connectivity index (χ0v) is 34.7. The molecule has 7 unspecified atom stereocenters. The molecule has 1 aliphatic heterocycles. The lowest BCUT2D eigenvalue weighted by molar-refractivity contribution is -0.302. The second-order valence-corrected chi connectivity index (χ2v) is 15.1. The van der Waals surface area contributed by atoms with Gasteiger partial charge < -0.3 is 40.3 Å². The van der Waals surface area contributed by atoms with Gasteiger partial charge in [-0.1, -0.05) is 152 Å². The summed E-state index contributed by atoms with van der Waals surface area (Å²) in [7, 11) is 0. The normalized spacial score (nSPS) is 21.9. The summed E-state index contributed by atoms with van der Waals surface area (Å²) >= 11 is 0. The van der Waals surface area contributed by atoms with E-state index in [2.05, 4.69) is 67.8 Å². The average molecular weight is 776 g/mol. The van der Waals surface area contributed by atoms with Gasteiger partial charge in [0, 0.05) is 6.42 Å². The summed E-state index contributed by atoms with van der Waals surface area (Å²) in [5, 5.41) is 54.0. The molecule has 0 aromatic rings. The SMILES string of the molecule is CCCCC/C=C\C/C=C\C/C=C\CCCCCCCCC(=O)NC(COC1OC(CO)C(O)C(O)C1O)C(O)/C=C/CC/C=C/CCCCCCCCC. The molecule has 1 fully saturated rings. The molecule has 9 heteroatoms. The van der Waals surface area contributed by atoms with Crippen molar-refractivity contribution in [3.8, 4) is 0 Å². The van der Waals surface area contributed by atoms with Crippen molar-refractivity contribution in [1.29, 1.82) is 0 Å². The monoisotopic (exact) mass is 776 g/mol. The van der Waals surface area contributed by atoms with E-state index in [0.717, 1.165) is 70.6 Å². The zero-order chi connectivity index (χ0) is 40.2. The van der Waals surface area contributed by atoms with Crippen LogP contribution >= 0.6 is 0 Å². The smallest absolute Gasteiger partial charge is 0.220 e. The van der Waals surface area contributed by atoms with Gasteiger partial charge in [0.25, 0.3) is 0 Å². The van der Waals surface area contributed by atoms with Gasteiger partial charge in [0.1, 0.15) is 24.4 Å². The Bertz CT molecular complexity index is 1040. The number of aliphatic hydroxyl groups is 5. The number of amides is 1. The Hall–Kier alpha value is -2.11. The molecule has 318 valence electrons. The predicted octanol–water partition coefficient (Wildman–Crippen LogP) is 8.83. The number of rotatable bonds is 35. The van der Waals surface area contributed by atoms with Crippen molar-refractivity contribution < 1.29 is 39.8 Å². The van der Waals surface area contributed by atoms with E-state index in [-0.39, 0.29) is 12.5 Å². The molecule has 1 rings (SSSR count). The van der Waals surface area contributed by atoms with Crippen molar-refractivity contribution >= 4 is 5.91 Å².